The molecule has 1 aromatic carbocycles. The lowest BCUT2D eigenvalue weighted by atomic mass is 10.0. The van der Waals surface area contributed by atoms with Gasteiger partial charge in [0.25, 0.3) is 0 Å². The van der Waals surface area contributed by atoms with Crippen LogP contribution in [0.3, 0.4) is 0 Å². The first kappa shape index (κ1) is 12.8. The molecule has 0 aliphatic heterocycles. The second kappa shape index (κ2) is 4.94. The van der Waals surface area contributed by atoms with Crippen LogP contribution in [0.5, 0.6) is 0 Å². The van der Waals surface area contributed by atoms with Crippen LogP contribution < -0.4 is 0 Å². The molecule has 1 atom stereocenters. The monoisotopic (exact) mass is 263 g/mol. The molecule has 1 unspecified atom stereocenters. The minimum Gasteiger partial charge on any atom is -0.481 e. The number of aromatic nitrogens is 1. The smallest absolute Gasteiger partial charge is 0.312 e. The molecule has 1 N–H and O–H groups in total. The normalized spacial score (nSPS) is 12.6. The highest BCUT2D eigenvalue weighted by Crippen LogP contribution is 2.28. The van der Waals surface area contributed by atoms with E-state index in [9.17, 15) is 4.79 Å². The summed E-state index contributed by atoms with van der Waals surface area (Å²) >= 11 is 6.21. The lowest BCUT2D eigenvalue weighted by molar-refractivity contribution is -0.138. The summed E-state index contributed by atoms with van der Waals surface area (Å²) in [4.78, 5) is 15.6. The Kier molecular flexibility index (Phi) is 3.53. The van der Waals surface area contributed by atoms with Crippen molar-refractivity contribution in [2.75, 3.05) is 0 Å². The molecule has 94 valence electrons. The Balaban J connectivity index is 2.62. The van der Waals surface area contributed by atoms with Crippen molar-refractivity contribution in [1.82, 2.24) is 4.98 Å². The zero-order chi connectivity index (χ0) is 13.3. The van der Waals surface area contributed by atoms with Crippen LogP contribution in [0.15, 0.2) is 24.3 Å². The molecule has 0 saturated heterocycles. The van der Waals surface area contributed by atoms with Crippen LogP contribution in [0.4, 0.5) is 0 Å². The molecule has 0 radical (unpaired) electrons. The molecule has 3 nitrogen and oxygen atoms in total. The van der Waals surface area contributed by atoms with Crippen molar-refractivity contribution < 1.29 is 9.90 Å². The van der Waals surface area contributed by atoms with E-state index < -0.39 is 11.9 Å². The van der Waals surface area contributed by atoms with Crippen molar-refractivity contribution in [2.24, 2.45) is 0 Å². The number of aryl methyl sites for hydroxylation is 1. The van der Waals surface area contributed by atoms with Crippen LogP contribution in [0, 0.1) is 6.92 Å². The molecule has 18 heavy (non-hydrogen) atoms. The molecule has 2 aromatic rings. The van der Waals surface area contributed by atoms with Crippen LogP contribution in [0.2, 0.25) is 5.02 Å². The lowest BCUT2D eigenvalue weighted by Gasteiger charge is -2.11. The Morgan fingerprint density at radius 1 is 1.44 bits per heavy atom. The van der Waals surface area contributed by atoms with Crippen molar-refractivity contribution in [3.05, 3.63) is 40.5 Å². The summed E-state index contributed by atoms with van der Waals surface area (Å²) < 4.78 is 0. The summed E-state index contributed by atoms with van der Waals surface area (Å²) in [5.74, 6) is -1.47. The fourth-order valence-corrected chi connectivity index (χ4v) is 2.27. The predicted molar refractivity (Wildman–Crippen MR) is 72.2 cm³/mol. The molecule has 0 fully saturated rings. The molecule has 0 aliphatic rings. The average molecular weight is 264 g/mol. The summed E-state index contributed by atoms with van der Waals surface area (Å²) in [6.07, 6.45) is 0.496. The van der Waals surface area contributed by atoms with Crippen molar-refractivity contribution >= 4 is 28.5 Å². The molecule has 1 aromatic heterocycles. The molecule has 0 amide bonds. The largest absolute Gasteiger partial charge is 0.481 e. The number of hydrogen-bond donors (Lipinski definition) is 1. The third kappa shape index (κ3) is 2.31. The number of aliphatic carboxylic acids is 1. The Bertz CT molecular complexity index is 610. The Morgan fingerprint density at radius 3 is 2.78 bits per heavy atom. The van der Waals surface area contributed by atoms with Gasteiger partial charge in [-0.1, -0.05) is 30.2 Å². The lowest BCUT2D eigenvalue weighted by Crippen LogP contribution is -2.12. The zero-order valence-corrected chi connectivity index (χ0v) is 11.0. The second-order valence-electron chi connectivity index (χ2n) is 4.35. The molecule has 4 heteroatoms. The number of hydrogen-bond acceptors (Lipinski definition) is 2. The Morgan fingerprint density at radius 2 is 2.17 bits per heavy atom. The summed E-state index contributed by atoms with van der Waals surface area (Å²) in [5.41, 5.74) is 2.36. The number of pyridine rings is 1. The van der Waals surface area contributed by atoms with E-state index in [1.807, 2.05) is 32.0 Å². The molecule has 1 heterocycles. The number of carboxylic acids is 1. The minimum atomic E-state index is -0.868. The molecular weight excluding hydrogens is 250 g/mol. The summed E-state index contributed by atoms with van der Waals surface area (Å²) in [7, 11) is 0. The highest BCUT2D eigenvalue weighted by Gasteiger charge is 2.20. The van der Waals surface area contributed by atoms with Gasteiger partial charge in [0.15, 0.2) is 0 Å². The number of halogens is 1. The van der Waals surface area contributed by atoms with Crippen molar-refractivity contribution in [1.29, 1.82) is 0 Å². The van der Waals surface area contributed by atoms with E-state index in [2.05, 4.69) is 4.98 Å². The van der Waals surface area contributed by atoms with Gasteiger partial charge in [-0.05, 0) is 31.5 Å². The number of nitrogens with zero attached hydrogens (tertiary/aromatic N) is 1. The first-order valence-corrected chi connectivity index (χ1v) is 6.20. The third-order valence-electron chi connectivity index (χ3n) is 3.00. The Hall–Kier alpha value is -1.61. The van der Waals surface area contributed by atoms with Gasteiger partial charge in [0.05, 0.1) is 22.2 Å². The number of fused-ring (bicyclic) bond motifs is 1. The first-order valence-electron chi connectivity index (χ1n) is 5.82. The van der Waals surface area contributed by atoms with Gasteiger partial charge in [0, 0.05) is 5.39 Å². The van der Waals surface area contributed by atoms with E-state index in [1.54, 1.807) is 6.07 Å². The van der Waals surface area contributed by atoms with Crippen molar-refractivity contribution in [2.45, 2.75) is 26.2 Å². The standard InChI is InChI=1S/C14H14ClNO2/c1-3-9(14(17)18)13-7-11(15)10-6-8(2)4-5-12(10)16-13/h4-7,9H,3H2,1-2H3,(H,17,18). The van der Waals surface area contributed by atoms with E-state index in [0.29, 0.717) is 17.1 Å². The third-order valence-corrected chi connectivity index (χ3v) is 3.31. The highest BCUT2D eigenvalue weighted by molar-refractivity contribution is 6.35. The number of rotatable bonds is 3. The summed E-state index contributed by atoms with van der Waals surface area (Å²) in [5, 5.41) is 10.6. The van der Waals surface area contributed by atoms with Gasteiger partial charge in [0.2, 0.25) is 0 Å². The molecule has 0 bridgehead atoms. The van der Waals surface area contributed by atoms with Gasteiger partial charge in [0.1, 0.15) is 0 Å². The number of benzene rings is 1. The van der Waals surface area contributed by atoms with Crippen LogP contribution in [-0.2, 0) is 4.79 Å². The first-order chi connectivity index (χ1) is 8.52. The number of carbonyl (C=O) groups is 1. The van der Waals surface area contributed by atoms with Crippen LogP contribution in [0.25, 0.3) is 10.9 Å². The van der Waals surface area contributed by atoms with E-state index in [1.165, 1.54) is 0 Å². The fourth-order valence-electron chi connectivity index (χ4n) is 2.01. The van der Waals surface area contributed by atoms with Crippen molar-refractivity contribution in [3.8, 4) is 0 Å². The predicted octanol–water partition coefficient (Wildman–Crippen LogP) is 3.77. The average Bonchev–Trinajstić information content (AvgIpc) is 2.30. The highest BCUT2D eigenvalue weighted by atomic mass is 35.5. The molecule has 0 spiro atoms. The van der Waals surface area contributed by atoms with Crippen LogP contribution >= 0.6 is 11.6 Å². The van der Waals surface area contributed by atoms with Gasteiger partial charge in [-0.25, -0.2) is 0 Å². The quantitative estimate of drug-likeness (QED) is 0.917. The van der Waals surface area contributed by atoms with E-state index >= 15 is 0 Å². The van der Waals surface area contributed by atoms with Gasteiger partial charge in [-0.15, -0.1) is 0 Å². The topological polar surface area (TPSA) is 50.2 Å². The molecular formula is C14H14ClNO2. The fraction of sp³-hybridized carbons (Fsp3) is 0.286. The zero-order valence-electron chi connectivity index (χ0n) is 10.3. The summed E-state index contributed by atoms with van der Waals surface area (Å²) in [6, 6.07) is 7.42. The summed E-state index contributed by atoms with van der Waals surface area (Å²) in [6.45, 7) is 3.81. The van der Waals surface area contributed by atoms with Crippen LogP contribution in [-0.4, -0.2) is 16.1 Å². The minimum absolute atomic E-state index is 0.496. The van der Waals surface area contributed by atoms with E-state index in [-0.39, 0.29) is 0 Å². The SMILES string of the molecule is CCC(C(=O)O)c1cc(Cl)c2cc(C)ccc2n1. The van der Waals surface area contributed by atoms with Gasteiger partial charge in [-0.3, -0.25) is 9.78 Å². The van der Waals surface area contributed by atoms with Gasteiger partial charge in [-0.2, -0.15) is 0 Å². The van der Waals surface area contributed by atoms with Crippen LogP contribution in [0.1, 0.15) is 30.5 Å². The maximum absolute atomic E-state index is 11.1. The van der Waals surface area contributed by atoms with Gasteiger partial charge >= 0.3 is 5.97 Å². The van der Waals surface area contributed by atoms with E-state index in [0.717, 1.165) is 16.5 Å². The maximum Gasteiger partial charge on any atom is 0.312 e. The molecule has 2 rings (SSSR count). The maximum atomic E-state index is 11.1. The number of carboxylic acid groups (broad SMARTS) is 1. The molecule has 0 aliphatic carbocycles. The van der Waals surface area contributed by atoms with Crippen molar-refractivity contribution in [3.63, 3.8) is 0 Å². The molecule has 0 saturated carbocycles. The second-order valence-corrected chi connectivity index (χ2v) is 4.76. The Labute approximate surface area is 110 Å². The van der Waals surface area contributed by atoms with Gasteiger partial charge < -0.3 is 5.11 Å². The van der Waals surface area contributed by atoms with E-state index in [4.69, 9.17) is 16.7 Å².